The molecule has 0 saturated carbocycles. The molecule has 20 heavy (non-hydrogen) atoms. The molecular weight excluding hydrogens is 294 g/mol. The maximum Gasteiger partial charge on any atom is 0.307 e. The zero-order chi connectivity index (χ0) is 14.3. The molecule has 3 nitrogen and oxygen atoms in total. The Morgan fingerprint density at radius 1 is 1.25 bits per heavy atom. The van der Waals surface area contributed by atoms with E-state index in [0.29, 0.717) is 10.6 Å². The highest BCUT2D eigenvalue weighted by Crippen LogP contribution is 2.30. The van der Waals surface area contributed by atoms with Crippen LogP contribution in [0.4, 0.5) is 0 Å². The monoisotopic (exact) mass is 305 g/mol. The summed E-state index contributed by atoms with van der Waals surface area (Å²) in [5.41, 5.74) is 2.26. The first-order valence-electron chi connectivity index (χ1n) is 6.10. The van der Waals surface area contributed by atoms with E-state index in [9.17, 15) is 9.90 Å². The molecule has 0 radical (unpaired) electrons. The molecule has 1 atom stereocenters. The zero-order valence-electron chi connectivity index (χ0n) is 10.7. The van der Waals surface area contributed by atoms with Gasteiger partial charge in [0.05, 0.1) is 10.2 Å². The van der Waals surface area contributed by atoms with Crippen molar-refractivity contribution in [3.8, 4) is 0 Å². The predicted octanol–water partition coefficient (Wildman–Crippen LogP) is 3.34. The van der Waals surface area contributed by atoms with Gasteiger partial charge in [-0.1, -0.05) is 47.2 Å². The molecule has 3 rings (SSSR count). The van der Waals surface area contributed by atoms with Crippen LogP contribution in [-0.4, -0.2) is 9.67 Å². The summed E-state index contributed by atoms with van der Waals surface area (Å²) in [7, 11) is 1.74. The van der Waals surface area contributed by atoms with E-state index >= 15 is 0 Å². The molecule has 102 valence electrons. The number of halogens is 1. The standard InChI is InChI=1S/C15H12ClNO2S/c1-17-12-7-6-9(8-13(12)20-15(17)19)14(18)10-4-2-3-5-11(10)16/h2-8,14,18H,1H3. The van der Waals surface area contributed by atoms with Gasteiger partial charge in [0.25, 0.3) is 0 Å². The van der Waals surface area contributed by atoms with Gasteiger partial charge in [-0.3, -0.25) is 4.79 Å². The molecule has 0 aliphatic rings. The smallest absolute Gasteiger partial charge is 0.307 e. The second kappa shape index (κ2) is 5.05. The Balaban J connectivity index is 2.11. The SMILES string of the molecule is Cn1c(=O)sc2cc(C(O)c3ccccc3Cl)ccc21. The fourth-order valence-corrected chi connectivity index (χ4v) is 3.36. The van der Waals surface area contributed by atoms with Crippen LogP contribution in [0.1, 0.15) is 17.2 Å². The molecule has 1 unspecified atom stereocenters. The maximum absolute atomic E-state index is 11.6. The molecule has 0 bridgehead atoms. The first-order chi connectivity index (χ1) is 9.58. The minimum absolute atomic E-state index is 0.00983. The Labute approximate surface area is 124 Å². The number of thiazole rings is 1. The number of hydrogen-bond donors (Lipinski definition) is 1. The van der Waals surface area contributed by atoms with Gasteiger partial charge in [-0.15, -0.1) is 0 Å². The van der Waals surface area contributed by atoms with Crippen LogP contribution in [0.3, 0.4) is 0 Å². The van der Waals surface area contributed by atoms with Crippen molar-refractivity contribution >= 4 is 33.2 Å². The van der Waals surface area contributed by atoms with Crippen molar-refractivity contribution in [2.45, 2.75) is 6.10 Å². The number of nitrogens with zero attached hydrogens (tertiary/aromatic N) is 1. The van der Waals surface area contributed by atoms with Crippen molar-refractivity contribution in [2.24, 2.45) is 7.05 Å². The molecule has 2 aromatic carbocycles. The highest BCUT2D eigenvalue weighted by Gasteiger charge is 2.15. The van der Waals surface area contributed by atoms with Crippen LogP contribution in [0.15, 0.2) is 47.3 Å². The normalized spacial score (nSPS) is 12.8. The van der Waals surface area contributed by atoms with Gasteiger partial charge in [0.15, 0.2) is 0 Å². The van der Waals surface area contributed by atoms with Crippen molar-refractivity contribution in [3.05, 3.63) is 68.3 Å². The zero-order valence-corrected chi connectivity index (χ0v) is 12.3. The number of benzene rings is 2. The van der Waals surface area contributed by atoms with Gasteiger partial charge >= 0.3 is 4.87 Å². The van der Waals surface area contributed by atoms with Crippen LogP contribution in [-0.2, 0) is 7.05 Å². The van der Waals surface area contributed by atoms with Crippen LogP contribution < -0.4 is 4.87 Å². The molecule has 0 saturated heterocycles. The van der Waals surface area contributed by atoms with E-state index in [1.165, 1.54) is 11.3 Å². The summed E-state index contributed by atoms with van der Waals surface area (Å²) >= 11 is 7.28. The lowest BCUT2D eigenvalue weighted by Gasteiger charge is -2.13. The molecule has 1 heterocycles. The largest absolute Gasteiger partial charge is 0.384 e. The lowest BCUT2D eigenvalue weighted by atomic mass is 10.0. The second-order valence-corrected chi connectivity index (χ2v) is 5.98. The third kappa shape index (κ3) is 2.16. The summed E-state index contributed by atoms with van der Waals surface area (Å²) in [6.07, 6.45) is -0.796. The molecule has 0 amide bonds. The summed E-state index contributed by atoms with van der Waals surface area (Å²) in [6.45, 7) is 0. The van der Waals surface area contributed by atoms with Crippen LogP contribution in [0.5, 0.6) is 0 Å². The minimum atomic E-state index is -0.796. The fraction of sp³-hybridized carbons (Fsp3) is 0.133. The first-order valence-corrected chi connectivity index (χ1v) is 7.29. The van der Waals surface area contributed by atoms with Crippen LogP contribution in [0.2, 0.25) is 5.02 Å². The molecule has 1 aromatic heterocycles. The Hall–Kier alpha value is -1.62. The number of rotatable bonds is 2. The Morgan fingerprint density at radius 3 is 2.75 bits per heavy atom. The summed E-state index contributed by atoms with van der Waals surface area (Å²) in [5, 5.41) is 11.0. The molecule has 5 heteroatoms. The summed E-state index contributed by atoms with van der Waals surface area (Å²) in [5.74, 6) is 0. The van der Waals surface area contributed by atoms with Gasteiger partial charge in [-0.25, -0.2) is 0 Å². The molecule has 0 fully saturated rings. The van der Waals surface area contributed by atoms with E-state index in [1.54, 1.807) is 23.7 Å². The van der Waals surface area contributed by atoms with Gasteiger partial charge in [0.1, 0.15) is 6.10 Å². The van der Waals surface area contributed by atoms with Crippen LogP contribution >= 0.6 is 22.9 Å². The Bertz CT molecular complexity index is 837. The Kier molecular flexibility index (Phi) is 3.38. The Morgan fingerprint density at radius 2 is 2.00 bits per heavy atom. The third-order valence-electron chi connectivity index (χ3n) is 3.33. The molecule has 0 spiro atoms. The van der Waals surface area contributed by atoms with E-state index in [0.717, 1.165) is 15.8 Å². The number of aromatic nitrogens is 1. The van der Waals surface area contributed by atoms with Crippen molar-refractivity contribution in [1.29, 1.82) is 0 Å². The number of hydrogen-bond acceptors (Lipinski definition) is 3. The van der Waals surface area contributed by atoms with Gasteiger partial charge in [0.2, 0.25) is 0 Å². The quantitative estimate of drug-likeness (QED) is 0.789. The van der Waals surface area contributed by atoms with Gasteiger partial charge < -0.3 is 9.67 Å². The summed E-state index contributed by atoms with van der Waals surface area (Å²) < 4.78 is 2.46. The van der Waals surface area contributed by atoms with Crippen molar-refractivity contribution < 1.29 is 5.11 Å². The van der Waals surface area contributed by atoms with Crippen LogP contribution in [0, 0.1) is 0 Å². The maximum atomic E-state index is 11.6. The van der Waals surface area contributed by atoms with Crippen LogP contribution in [0.25, 0.3) is 10.2 Å². The lowest BCUT2D eigenvalue weighted by Crippen LogP contribution is -2.06. The molecule has 1 N–H and O–H groups in total. The van der Waals surface area contributed by atoms with E-state index < -0.39 is 6.10 Å². The number of aryl methyl sites for hydroxylation is 1. The third-order valence-corrected chi connectivity index (χ3v) is 4.67. The van der Waals surface area contributed by atoms with E-state index in [-0.39, 0.29) is 4.87 Å². The second-order valence-electron chi connectivity index (χ2n) is 4.58. The lowest BCUT2D eigenvalue weighted by molar-refractivity contribution is 0.220. The van der Waals surface area contributed by atoms with Crippen molar-refractivity contribution in [3.63, 3.8) is 0 Å². The molecule has 3 aromatic rings. The van der Waals surface area contributed by atoms with Crippen molar-refractivity contribution in [1.82, 2.24) is 4.57 Å². The molecular formula is C15H12ClNO2S. The molecule has 0 aliphatic carbocycles. The topological polar surface area (TPSA) is 42.2 Å². The highest BCUT2D eigenvalue weighted by atomic mass is 35.5. The average molecular weight is 306 g/mol. The van der Waals surface area contributed by atoms with E-state index in [2.05, 4.69) is 0 Å². The number of fused-ring (bicyclic) bond motifs is 1. The number of aliphatic hydroxyl groups is 1. The number of aliphatic hydroxyl groups excluding tert-OH is 1. The summed E-state index contributed by atoms with van der Waals surface area (Å²) in [4.78, 5) is 11.6. The van der Waals surface area contributed by atoms with E-state index in [1.807, 2.05) is 30.3 Å². The minimum Gasteiger partial charge on any atom is -0.384 e. The predicted molar refractivity (Wildman–Crippen MR) is 82.6 cm³/mol. The van der Waals surface area contributed by atoms with Gasteiger partial charge in [-0.05, 0) is 23.8 Å². The van der Waals surface area contributed by atoms with Gasteiger partial charge in [0, 0.05) is 17.6 Å². The summed E-state index contributed by atoms with van der Waals surface area (Å²) in [6, 6.07) is 12.7. The molecule has 0 aliphatic heterocycles. The fourth-order valence-electron chi connectivity index (χ4n) is 2.20. The first kappa shape index (κ1) is 13.4. The van der Waals surface area contributed by atoms with Crippen molar-refractivity contribution in [2.75, 3.05) is 0 Å². The highest BCUT2D eigenvalue weighted by molar-refractivity contribution is 7.16. The average Bonchev–Trinajstić information content (AvgIpc) is 2.73. The van der Waals surface area contributed by atoms with E-state index in [4.69, 9.17) is 11.6 Å². The van der Waals surface area contributed by atoms with Gasteiger partial charge in [-0.2, -0.15) is 0 Å².